The van der Waals surface area contributed by atoms with Gasteiger partial charge in [-0.05, 0) is 40.2 Å². The second-order valence-electron chi connectivity index (χ2n) is 6.91. The summed E-state index contributed by atoms with van der Waals surface area (Å²) in [5, 5.41) is 3.69. The molecule has 0 spiro atoms. The Bertz CT molecular complexity index is 996. The molecule has 1 atom stereocenters. The number of nitrogens with zero attached hydrogens (tertiary/aromatic N) is 2. The van der Waals surface area contributed by atoms with Crippen molar-refractivity contribution in [2.24, 2.45) is 0 Å². The molecule has 146 valence electrons. The van der Waals surface area contributed by atoms with Crippen LogP contribution >= 0.6 is 0 Å². The van der Waals surface area contributed by atoms with E-state index < -0.39 is 22.4 Å². The highest BCUT2D eigenvalue weighted by Gasteiger charge is 2.32. The summed E-state index contributed by atoms with van der Waals surface area (Å²) in [6, 6.07) is 1.55. The molecule has 27 heavy (non-hydrogen) atoms. The average molecular weight is 394 g/mol. The van der Waals surface area contributed by atoms with Crippen molar-refractivity contribution in [2.75, 3.05) is 18.1 Å². The number of esters is 1. The molecule has 0 radical (unpaired) electrons. The molecule has 8 nitrogen and oxygen atoms in total. The smallest absolute Gasteiger partial charge is 0.344 e. The van der Waals surface area contributed by atoms with E-state index in [1.807, 2.05) is 11.5 Å². The Morgan fingerprint density at radius 3 is 2.56 bits per heavy atom. The molecule has 3 rings (SSSR count). The van der Waals surface area contributed by atoms with Gasteiger partial charge in [-0.3, -0.25) is 4.79 Å². The van der Waals surface area contributed by atoms with Gasteiger partial charge in [-0.15, -0.1) is 0 Å². The second-order valence-corrected chi connectivity index (χ2v) is 9.14. The van der Waals surface area contributed by atoms with Gasteiger partial charge in [0.15, 0.2) is 16.4 Å². The van der Waals surface area contributed by atoms with Gasteiger partial charge in [-0.25, -0.2) is 13.2 Å². The molecule has 3 heterocycles. The molecule has 9 heteroatoms. The Hall–Kier alpha value is -2.42. The highest BCUT2D eigenvalue weighted by atomic mass is 32.2. The van der Waals surface area contributed by atoms with Gasteiger partial charge in [0, 0.05) is 23.0 Å². The van der Waals surface area contributed by atoms with Crippen molar-refractivity contribution in [1.29, 1.82) is 0 Å². The van der Waals surface area contributed by atoms with Gasteiger partial charge in [-0.2, -0.15) is 0 Å². The van der Waals surface area contributed by atoms with Crippen LogP contribution in [-0.4, -0.2) is 48.0 Å². The molecule has 0 amide bonds. The van der Waals surface area contributed by atoms with Crippen LogP contribution in [-0.2, 0) is 14.6 Å². The number of sulfone groups is 1. The largest absolute Gasteiger partial charge is 0.454 e. The number of carbonyl (C=O) groups is 2. The zero-order valence-electron chi connectivity index (χ0n) is 15.7. The minimum atomic E-state index is -3.03. The average Bonchev–Trinajstić information content (AvgIpc) is 3.20. The molecule has 1 fully saturated rings. The maximum Gasteiger partial charge on any atom is 0.344 e. The molecule has 0 aliphatic carbocycles. The number of Topliss-reactive ketones (excluding diaryl/α,β-unsaturated/α-hetero) is 1. The molecule has 0 N–H and O–H groups in total. The summed E-state index contributed by atoms with van der Waals surface area (Å²) in [7, 11) is -3.03. The van der Waals surface area contributed by atoms with Crippen LogP contribution in [0, 0.1) is 27.7 Å². The van der Waals surface area contributed by atoms with Gasteiger partial charge in [0.1, 0.15) is 11.3 Å². The lowest BCUT2D eigenvalue weighted by Crippen LogP contribution is -2.17. The van der Waals surface area contributed by atoms with Gasteiger partial charge >= 0.3 is 5.97 Å². The van der Waals surface area contributed by atoms with Crippen LogP contribution in [0.1, 0.15) is 56.0 Å². The van der Waals surface area contributed by atoms with Gasteiger partial charge in [-0.1, -0.05) is 5.16 Å². The monoisotopic (exact) mass is 394 g/mol. The summed E-state index contributed by atoms with van der Waals surface area (Å²) in [5.74, 6) is -0.415. The van der Waals surface area contributed by atoms with E-state index in [1.54, 1.807) is 26.8 Å². The molecule has 0 bridgehead atoms. The summed E-state index contributed by atoms with van der Waals surface area (Å²) in [4.78, 5) is 24.7. The topological polar surface area (TPSA) is 108 Å². The quantitative estimate of drug-likeness (QED) is 0.564. The van der Waals surface area contributed by atoms with Crippen LogP contribution in [0.25, 0.3) is 0 Å². The number of ether oxygens (including phenoxy) is 1. The van der Waals surface area contributed by atoms with Crippen molar-refractivity contribution in [2.45, 2.75) is 40.2 Å². The first-order valence-corrected chi connectivity index (χ1v) is 10.4. The zero-order chi connectivity index (χ0) is 19.9. The van der Waals surface area contributed by atoms with Gasteiger partial charge in [0.05, 0.1) is 17.2 Å². The number of hydrogen-bond acceptors (Lipinski definition) is 7. The number of aromatic nitrogens is 2. The Kier molecular flexibility index (Phi) is 4.98. The maximum atomic E-state index is 12.6. The Morgan fingerprint density at radius 1 is 1.30 bits per heavy atom. The van der Waals surface area contributed by atoms with E-state index in [9.17, 15) is 18.0 Å². The molecule has 1 saturated heterocycles. The summed E-state index contributed by atoms with van der Waals surface area (Å²) in [6.45, 7) is 6.43. The predicted octanol–water partition coefficient (Wildman–Crippen LogP) is 2.11. The Morgan fingerprint density at radius 2 is 2.00 bits per heavy atom. The normalized spacial score (nSPS) is 18.6. The van der Waals surface area contributed by atoms with Crippen LogP contribution in [0.2, 0.25) is 0 Å². The first-order chi connectivity index (χ1) is 12.6. The SMILES string of the molecule is Cc1noc(C)c1C(=O)OCC(=O)c1cc(C)n(C2CCS(=O)(=O)C2)c1C. The summed E-state index contributed by atoms with van der Waals surface area (Å²) < 4.78 is 35.5. The third-order valence-corrected chi connectivity index (χ3v) is 6.68. The molecule has 2 aromatic heterocycles. The molecular weight excluding hydrogens is 372 g/mol. The van der Waals surface area contributed by atoms with Crippen LogP contribution in [0.15, 0.2) is 10.6 Å². The van der Waals surface area contributed by atoms with E-state index in [0.717, 1.165) is 5.69 Å². The Balaban J connectivity index is 1.74. The predicted molar refractivity (Wildman–Crippen MR) is 96.8 cm³/mol. The first-order valence-electron chi connectivity index (χ1n) is 8.62. The van der Waals surface area contributed by atoms with Crippen molar-refractivity contribution in [3.8, 4) is 0 Å². The molecule has 0 saturated carbocycles. The third kappa shape index (κ3) is 3.69. The molecule has 0 aromatic carbocycles. The number of rotatable bonds is 5. The van der Waals surface area contributed by atoms with Crippen molar-refractivity contribution in [3.63, 3.8) is 0 Å². The molecule has 2 aromatic rings. The Labute approximate surface area is 157 Å². The summed E-state index contributed by atoms with van der Waals surface area (Å²) in [6.07, 6.45) is 0.535. The fourth-order valence-corrected chi connectivity index (χ4v) is 5.36. The van der Waals surface area contributed by atoms with Crippen molar-refractivity contribution in [1.82, 2.24) is 9.72 Å². The number of carbonyl (C=O) groups excluding carboxylic acids is 2. The number of aryl methyl sites for hydroxylation is 3. The fraction of sp³-hybridized carbons (Fsp3) is 0.500. The van der Waals surface area contributed by atoms with Gasteiger partial charge in [0.2, 0.25) is 5.78 Å². The van der Waals surface area contributed by atoms with E-state index in [-0.39, 0.29) is 28.9 Å². The van der Waals surface area contributed by atoms with E-state index in [2.05, 4.69) is 5.16 Å². The lowest BCUT2D eigenvalue weighted by atomic mass is 10.1. The van der Waals surface area contributed by atoms with Gasteiger partial charge < -0.3 is 13.8 Å². The highest BCUT2D eigenvalue weighted by molar-refractivity contribution is 7.91. The summed E-state index contributed by atoms with van der Waals surface area (Å²) in [5.41, 5.74) is 2.57. The van der Waals surface area contributed by atoms with Crippen molar-refractivity contribution >= 4 is 21.6 Å². The molecule has 1 aliphatic rings. The van der Waals surface area contributed by atoms with Crippen LogP contribution in [0.4, 0.5) is 0 Å². The van der Waals surface area contributed by atoms with E-state index in [1.165, 1.54) is 0 Å². The molecule has 1 unspecified atom stereocenters. The maximum absolute atomic E-state index is 12.6. The second kappa shape index (κ2) is 6.95. The minimum absolute atomic E-state index is 0.0814. The minimum Gasteiger partial charge on any atom is -0.454 e. The van der Waals surface area contributed by atoms with E-state index >= 15 is 0 Å². The lowest BCUT2D eigenvalue weighted by Gasteiger charge is -2.16. The third-order valence-electron chi connectivity index (χ3n) is 4.93. The fourth-order valence-electron chi connectivity index (χ4n) is 3.66. The van der Waals surface area contributed by atoms with E-state index in [0.29, 0.717) is 29.1 Å². The van der Waals surface area contributed by atoms with Gasteiger partial charge in [0.25, 0.3) is 0 Å². The standard InChI is InChI=1S/C18H22N2O6S/c1-10-7-15(12(3)20(10)14-5-6-27(23,24)9-14)16(21)8-25-18(22)17-11(2)19-26-13(17)4/h7,14H,5-6,8-9H2,1-4H3. The number of hydrogen-bond donors (Lipinski definition) is 0. The van der Waals surface area contributed by atoms with E-state index in [4.69, 9.17) is 9.26 Å². The zero-order valence-corrected chi connectivity index (χ0v) is 16.6. The lowest BCUT2D eigenvalue weighted by molar-refractivity contribution is 0.0472. The van der Waals surface area contributed by atoms with Crippen molar-refractivity contribution < 1.29 is 27.3 Å². The molecular formula is C18H22N2O6S. The highest BCUT2D eigenvalue weighted by Crippen LogP contribution is 2.29. The van der Waals surface area contributed by atoms with Crippen molar-refractivity contribution in [3.05, 3.63) is 40.0 Å². The van der Waals surface area contributed by atoms with Crippen LogP contribution in [0.5, 0.6) is 0 Å². The number of ketones is 1. The van der Waals surface area contributed by atoms with Crippen LogP contribution < -0.4 is 0 Å². The molecule has 1 aliphatic heterocycles. The summed E-state index contributed by atoms with van der Waals surface area (Å²) >= 11 is 0. The van der Waals surface area contributed by atoms with Crippen LogP contribution in [0.3, 0.4) is 0 Å². The first kappa shape index (κ1) is 19.3.